The van der Waals surface area contributed by atoms with Crippen LogP contribution in [-0.4, -0.2) is 32.6 Å². The Morgan fingerprint density at radius 2 is 1.80 bits per heavy atom. The molecule has 5 nitrogen and oxygen atoms in total. The van der Waals surface area contributed by atoms with E-state index in [2.05, 4.69) is 10.3 Å². The lowest BCUT2D eigenvalue weighted by Gasteiger charge is -2.32. The fourth-order valence-electron chi connectivity index (χ4n) is 2.91. The molecule has 136 valence electrons. The summed E-state index contributed by atoms with van der Waals surface area (Å²) in [6, 6.07) is 2.59. The second-order valence-electron chi connectivity index (χ2n) is 6.55. The van der Waals surface area contributed by atoms with Crippen LogP contribution >= 0.6 is 0 Å². The molecule has 1 unspecified atom stereocenters. The first kappa shape index (κ1) is 18.9. The molecule has 0 bridgehead atoms. The number of aryl methyl sites for hydroxylation is 1. The van der Waals surface area contributed by atoms with Crippen LogP contribution in [0.25, 0.3) is 0 Å². The van der Waals surface area contributed by atoms with E-state index in [1.54, 1.807) is 28.9 Å². The summed E-state index contributed by atoms with van der Waals surface area (Å²) in [6.07, 6.45) is 3.33. The number of hydrogen-bond acceptors (Lipinski definition) is 2. The molecule has 1 aromatic heterocycles. The molecule has 0 spiro atoms. The van der Waals surface area contributed by atoms with Gasteiger partial charge in [0.15, 0.2) is 11.6 Å². The molecule has 1 atom stereocenters. The monoisotopic (exact) mass is 350 g/mol. The Morgan fingerprint density at radius 1 is 1.16 bits per heavy atom. The van der Waals surface area contributed by atoms with E-state index >= 15 is 0 Å². The lowest BCUT2D eigenvalue weighted by Crippen LogP contribution is -2.49. The number of benzene rings is 1. The molecule has 1 heterocycles. The molecule has 1 aromatic carbocycles. The summed E-state index contributed by atoms with van der Waals surface area (Å²) < 4.78 is 28.7. The lowest BCUT2D eigenvalue weighted by molar-refractivity contribution is 0.162. The quantitative estimate of drug-likeness (QED) is 0.895. The summed E-state index contributed by atoms with van der Waals surface area (Å²) >= 11 is 0. The Balaban J connectivity index is 2.41. The molecule has 0 saturated carbocycles. The van der Waals surface area contributed by atoms with Crippen molar-refractivity contribution in [1.82, 2.24) is 19.8 Å². The molecule has 0 aliphatic heterocycles. The molecule has 25 heavy (non-hydrogen) atoms. The third kappa shape index (κ3) is 4.15. The summed E-state index contributed by atoms with van der Waals surface area (Å²) in [4.78, 5) is 18.7. The summed E-state index contributed by atoms with van der Waals surface area (Å²) in [5.41, 5.74) is 0.425. The standard InChI is InChI=1S/C18H24F2N4O/c1-11(2)24(12(3)4)18(25)22-16(17-21-8-9-23(17)5)13-6-7-14(19)15(20)10-13/h6-12,16H,1-5H3,(H,22,25). The van der Waals surface area contributed by atoms with Gasteiger partial charge in [0.2, 0.25) is 0 Å². The summed E-state index contributed by atoms with van der Waals surface area (Å²) in [5, 5.41) is 2.90. The van der Waals surface area contributed by atoms with Gasteiger partial charge in [0.05, 0.1) is 0 Å². The van der Waals surface area contributed by atoms with Crippen LogP contribution in [0.2, 0.25) is 0 Å². The fraction of sp³-hybridized carbons (Fsp3) is 0.444. The first-order valence-corrected chi connectivity index (χ1v) is 8.23. The van der Waals surface area contributed by atoms with Crippen LogP contribution < -0.4 is 5.32 Å². The SMILES string of the molecule is CC(C)N(C(=O)NC(c1ccc(F)c(F)c1)c1nccn1C)C(C)C. The van der Waals surface area contributed by atoms with Crippen LogP contribution in [0.15, 0.2) is 30.6 Å². The second kappa shape index (κ2) is 7.63. The molecule has 2 amide bonds. The molecular weight excluding hydrogens is 326 g/mol. The molecule has 2 aromatic rings. The molecule has 0 aliphatic carbocycles. The Morgan fingerprint density at radius 3 is 2.28 bits per heavy atom. The van der Waals surface area contributed by atoms with Crippen LogP contribution in [0, 0.1) is 11.6 Å². The Labute approximate surface area is 146 Å². The zero-order valence-electron chi connectivity index (χ0n) is 15.1. The minimum Gasteiger partial charge on any atom is -0.336 e. The van der Waals surface area contributed by atoms with Crippen molar-refractivity contribution in [3.05, 3.63) is 53.6 Å². The van der Waals surface area contributed by atoms with Crippen LogP contribution in [0.1, 0.15) is 45.1 Å². The summed E-state index contributed by atoms with van der Waals surface area (Å²) in [5.74, 6) is -1.36. The third-order valence-corrected chi connectivity index (χ3v) is 4.01. The zero-order chi connectivity index (χ0) is 18.7. The number of rotatable bonds is 5. The van der Waals surface area contributed by atoms with Gasteiger partial charge in [0.25, 0.3) is 0 Å². The number of carbonyl (C=O) groups excluding carboxylic acids is 1. The summed E-state index contributed by atoms with van der Waals surface area (Å²) in [7, 11) is 1.78. The van der Waals surface area contributed by atoms with Crippen molar-refractivity contribution < 1.29 is 13.6 Å². The third-order valence-electron chi connectivity index (χ3n) is 4.01. The van der Waals surface area contributed by atoms with Crippen molar-refractivity contribution in [3.8, 4) is 0 Å². The highest BCUT2D eigenvalue weighted by Gasteiger charge is 2.27. The Hall–Kier alpha value is -2.44. The van der Waals surface area contributed by atoms with Gasteiger partial charge in [0.1, 0.15) is 11.9 Å². The van der Waals surface area contributed by atoms with E-state index in [9.17, 15) is 13.6 Å². The molecule has 7 heteroatoms. The first-order chi connectivity index (χ1) is 11.7. The number of hydrogen-bond donors (Lipinski definition) is 1. The maximum Gasteiger partial charge on any atom is 0.318 e. The largest absolute Gasteiger partial charge is 0.336 e. The van der Waals surface area contributed by atoms with Crippen molar-refractivity contribution in [2.24, 2.45) is 7.05 Å². The highest BCUT2D eigenvalue weighted by molar-refractivity contribution is 5.75. The molecule has 2 rings (SSSR count). The predicted molar refractivity (Wildman–Crippen MR) is 92.1 cm³/mol. The number of nitrogens with one attached hydrogen (secondary N) is 1. The van der Waals surface area contributed by atoms with Gasteiger partial charge in [-0.25, -0.2) is 18.6 Å². The number of halogens is 2. The maximum absolute atomic E-state index is 13.7. The Kier molecular flexibility index (Phi) is 5.77. The normalized spacial score (nSPS) is 12.5. The minimum atomic E-state index is -0.962. The van der Waals surface area contributed by atoms with E-state index in [0.29, 0.717) is 11.4 Å². The van der Waals surface area contributed by atoms with Crippen LogP contribution in [0.3, 0.4) is 0 Å². The van der Waals surface area contributed by atoms with E-state index in [0.717, 1.165) is 12.1 Å². The smallest absolute Gasteiger partial charge is 0.318 e. The van der Waals surface area contributed by atoms with Crippen molar-refractivity contribution in [3.63, 3.8) is 0 Å². The van der Waals surface area contributed by atoms with Crippen molar-refractivity contribution >= 4 is 6.03 Å². The average Bonchev–Trinajstić information content (AvgIpc) is 2.93. The summed E-state index contributed by atoms with van der Waals surface area (Å²) in [6.45, 7) is 7.69. The lowest BCUT2D eigenvalue weighted by atomic mass is 10.1. The van der Waals surface area contributed by atoms with Gasteiger partial charge in [-0.3, -0.25) is 0 Å². The van der Waals surface area contributed by atoms with Gasteiger partial charge in [0, 0.05) is 31.5 Å². The van der Waals surface area contributed by atoms with Gasteiger partial charge in [-0.2, -0.15) is 0 Å². The van der Waals surface area contributed by atoms with E-state index in [1.165, 1.54) is 6.07 Å². The zero-order valence-corrected chi connectivity index (χ0v) is 15.1. The van der Waals surface area contributed by atoms with Gasteiger partial charge in [-0.15, -0.1) is 0 Å². The number of carbonyl (C=O) groups is 1. The molecule has 0 aliphatic rings. The van der Waals surface area contributed by atoms with Gasteiger partial charge < -0.3 is 14.8 Å². The topological polar surface area (TPSA) is 50.2 Å². The fourth-order valence-corrected chi connectivity index (χ4v) is 2.91. The van der Waals surface area contributed by atoms with Crippen LogP contribution in [-0.2, 0) is 7.05 Å². The molecule has 0 radical (unpaired) electrons. The number of nitrogens with zero attached hydrogens (tertiary/aromatic N) is 3. The molecule has 0 fully saturated rings. The molecular formula is C18H24F2N4O. The van der Waals surface area contributed by atoms with Crippen LogP contribution in [0.4, 0.5) is 13.6 Å². The first-order valence-electron chi connectivity index (χ1n) is 8.23. The minimum absolute atomic E-state index is 0.00743. The number of urea groups is 1. The average molecular weight is 350 g/mol. The van der Waals surface area contributed by atoms with Crippen molar-refractivity contribution in [1.29, 1.82) is 0 Å². The molecule has 1 N–H and O–H groups in total. The maximum atomic E-state index is 13.7. The van der Waals surface area contributed by atoms with E-state index in [1.807, 2.05) is 27.7 Å². The predicted octanol–water partition coefficient (Wildman–Crippen LogP) is 3.62. The van der Waals surface area contributed by atoms with E-state index in [-0.39, 0.29) is 18.1 Å². The van der Waals surface area contributed by atoms with E-state index < -0.39 is 17.7 Å². The van der Waals surface area contributed by atoms with Gasteiger partial charge >= 0.3 is 6.03 Å². The van der Waals surface area contributed by atoms with Gasteiger partial charge in [-0.1, -0.05) is 6.07 Å². The molecule has 0 saturated heterocycles. The van der Waals surface area contributed by atoms with Crippen LogP contribution in [0.5, 0.6) is 0 Å². The highest BCUT2D eigenvalue weighted by Crippen LogP contribution is 2.23. The Bertz CT molecular complexity index is 734. The van der Waals surface area contributed by atoms with E-state index in [4.69, 9.17) is 0 Å². The van der Waals surface area contributed by atoms with Gasteiger partial charge in [-0.05, 0) is 45.4 Å². The van der Waals surface area contributed by atoms with Crippen molar-refractivity contribution in [2.45, 2.75) is 45.8 Å². The van der Waals surface area contributed by atoms with Crippen molar-refractivity contribution in [2.75, 3.05) is 0 Å². The number of amides is 2. The number of imidazole rings is 1. The number of aromatic nitrogens is 2. The highest BCUT2D eigenvalue weighted by atomic mass is 19.2. The second-order valence-corrected chi connectivity index (χ2v) is 6.55.